The van der Waals surface area contributed by atoms with Crippen LogP contribution in [0, 0.1) is 0 Å². The lowest BCUT2D eigenvalue weighted by atomic mass is 9.92. The Bertz CT molecular complexity index is 1040. The smallest absolute Gasteiger partial charge is 0.239 e. The molecule has 170 valence electrons. The first-order chi connectivity index (χ1) is 15.5. The normalized spacial score (nSPS) is 30.6. The van der Waals surface area contributed by atoms with E-state index in [-0.39, 0.29) is 31.0 Å². The van der Waals surface area contributed by atoms with Crippen LogP contribution in [0.1, 0.15) is 44.1 Å². The van der Waals surface area contributed by atoms with E-state index in [0.717, 1.165) is 37.7 Å². The molecule has 2 aromatic heterocycles. The first kappa shape index (κ1) is 19.9. The Morgan fingerprint density at radius 3 is 2.94 bits per heavy atom. The van der Waals surface area contributed by atoms with Crippen molar-refractivity contribution in [1.29, 1.82) is 0 Å². The molecule has 6 rings (SSSR count). The van der Waals surface area contributed by atoms with E-state index in [1.54, 1.807) is 11.1 Å². The minimum absolute atomic E-state index is 0.0109. The van der Waals surface area contributed by atoms with Crippen molar-refractivity contribution in [2.45, 2.75) is 68.4 Å². The summed E-state index contributed by atoms with van der Waals surface area (Å²) >= 11 is 0. The van der Waals surface area contributed by atoms with Crippen LogP contribution >= 0.6 is 0 Å². The number of anilines is 3. The number of H-pyrrole nitrogens is 1. The minimum Gasteiger partial charge on any atom is -0.468 e. The molecule has 10 nitrogen and oxygen atoms in total. The Morgan fingerprint density at radius 2 is 2.19 bits per heavy atom. The van der Waals surface area contributed by atoms with Crippen molar-refractivity contribution in [2.24, 2.45) is 0 Å². The number of nitrogens with one attached hydrogen (secondary N) is 2. The molecule has 4 aliphatic rings. The fraction of sp³-hybridized carbons (Fsp3) is 0.619. The highest BCUT2D eigenvalue weighted by molar-refractivity contribution is 6.09. The molecule has 2 aromatic rings. The molecule has 2 aliphatic carbocycles. The van der Waals surface area contributed by atoms with Crippen LogP contribution in [0.4, 0.5) is 21.8 Å². The average molecular weight is 444 g/mol. The lowest BCUT2D eigenvalue weighted by Crippen LogP contribution is -2.44. The van der Waals surface area contributed by atoms with E-state index in [2.05, 4.69) is 25.5 Å². The molecule has 0 radical (unpaired) electrons. The standard InChI is InChI=1S/C21H25FN6O4/c22-14-9-31-10-16(14)32-18-15(8-24-27-18)25-20-23-7-13-17(26-20)28(19(30)21(13)4-5-21)11-2-1-3-12(29)6-11/h7-8,11-12,14,16,29H,1-6,9-10H2,(H,24,27)(H,23,25,26)/t11-,12-,14+,16+/m1/s1. The van der Waals surface area contributed by atoms with Crippen molar-refractivity contribution in [3.05, 3.63) is 18.0 Å². The molecule has 0 aromatic carbocycles. The summed E-state index contributed by atoms with van der Waals surface area (Å²) in [5.41, 5.74) is 0.827. The number of amides is 1. The fourth-order valence-corrected chi connectivity index (χ4v) is 5.06. The molecule has 4 heterocycles. The second kappa shape index (κ2) is 7.38. The average Bonchev–Trinajstić information content (AvgIpc) is 3.22. The van der Waals surface area contributed by atoms with Crippen molar-refractivity contribution in [3.8, 4) is 5.88 Å². The number of alkyl halides is 1. The van der Waals surface area contributed by atoms with Crippen LogP contribution in [0.15, 0.2) is 12.4 Å². The lowest BCUT2D eigenvalue weighted by Gasteiger charge is -2.33. The number of halogens is 1. The van der Waals surface area contributed by atoms with Gasteiger partial charge in [-0.15, -0.1) is 0 Å². The SMILES string of the molecule is O=C1N([C@@H]2CCC[C@@H](O)C2)c2nc(Nc3cn[nH]c3O[C@H]3COC[C@@H]3F)ncc2C12CC2. The number of aromatic amines is 1. The molecule has 0 bridgehead atoms. The number of hydrogen-bond donors (Lipinski definition) is 3. The van der Waals surface area contributed by atoms with E-state index in [4.69, 9.17) is 9.47 Å². The zero-order valence-corrected chi connectivity index (χ0v) is 17.5. The number of ether oxygens (including phenoxy) is 2. The summed E-state index contributed by atoms with van der Waals surface area (Å²) in [6.45, 7) is 0.179. The topological polar surface area (TPSA) is 125 Å². The number of fused-ring (bicyclic) bond motifs is 2. The zero-order valence-electron chi connectivity index (χ0n) is 17.5. The summed E-state index contributed by atoms with van der Waals surface area (Å²) in [7, 11) is 0. The fourth-order valence-electron chi connectivity index (χ4n) is 5.06. The van der Waals surface area contributed by atoms with Gasteiger partial charge in [0.25, 0.3) is 0 Å². The zero-order chi connectivity index (χ0) is 21.9. The first-order valence-corrected chi connectivity index (χ1v) is 11.1. The van der Waals surface area contributed by atoms with Crippen molar-refractivity contribution < 1.29 is 23.8 Å². The van der Waals surface area contributed by atoms with E-state index in [9.17, 15) is 14.3 Å². The van der Waals surface area contributed by atoms with E-state index >= 15 is 0 Å². The number of aliphatic hydroxyl groups is 1. The molecule has 2 saturated carbocycles. The highest BCUT2D eigenvalue weighted by Crippen LogP contribution is 2.57. The Hall–Kier alpha value is -2.79. The largest absolute Gasteiger partial charge is 0.468 e. The lowest BCUT2D eigenvalue weighted by molar-refractivity contribution is -0.121. The highest BCUT2D eigenvalue weighted by atomic mass is 19.1. The van der Waals surface area contributed by atoms with Gasteiger partial charge in [0.1, 0.15) is 11.5 Å². The van der Waals surface area contributed by atoms with Crippen LogP contribution in [0.5, 0.6) is 5.88 Å². The number of rotatable bonds is 5. The Labute approximate surface area is 183 Å². The summed E-state index contributed by atoms with van der Waals surface area (Å²) in [4.78, 5) is 24.2. The van der Waals surface area contributed by atoms with Gasteiger partial charge in [0, 0.05) is 17.8 Å². The molecule has 1 amide bonds. The van der Waals surface area contributed by atoms with Gasteiger partial charge >= 0.3 is 0 Å². The van der Waals surface area contributed by atoms with Crippen LogP contribution in [0.25, 0.3) is 0 Å². The number of aromatic nitrogens is 4. The number of carbonyl (C=O) groups excluding carboxylic acids is 1. The van der Waals surface area contributed by atoms with E-state index in [1.165, 1.54) is 6.20 Å². The predicted molar refractivity (Wildman–Crippen MR) is 111 cm³/mol. The maximum atomic E-state index is 13.9. The van der Waals surface area contributed by atoms with Gasteiger partial charge in [-0.25, -0.2) is 14.5 Å². The van der Waals surface area contributed by atoms with Gasteiger partial charge in [-0.05, 0) is 38.5 Å². The number of hydrogen-bond acceptors (Lipinski definition) is 8. The quantitative estimate of drug-likeness (QED) is 0.637. The van der Waals surface area contributed by atoms with Crippen molar-refractivity contribution >= 4 is 23.4 Å². The molecule has 1 spiro atoms. The minimum atomic E-state index is -1.21. The molecule has 2 aliphatic heterocycles. The second-order valence-corrected chi connectivity index (χ2v) is 9.11. The third-order valence-corrected chi connectivity index (χ3v) is 6.96. The van der Waals surface area contributed by atoms with Crippen LogP contribution in [-0.4, -0.2) is 68.8 Å². The van der Waals surface area contributed by atoms with Gasteiger partial charge in [-0.3, -0.25) is 9.69 Å². The maximum Gasteiger partial charge on any atom is 0.239 e. The first-order valence-electron chi connectivity index (χ1n) is 11.1. The van der Waals surface area contributed by atoms with Gasteiger partial charge in [0.15, 0.2) is 12.3 Å². The number of nitrogens with zero attached hydrogens (tertiary/aromatic N) is 4. The maximum absolute atomic E-state index is 13.9. The molecule has 3 N–H and O–H groups in total. The third-order valence-electron chi connectivity index (χ3n) is 6.96. The van der Waals surface area contributed by atoms with Gasteiger partial charge in [-0.1, -0.05) is 0 Å². The van der Waals surface area contributed by atoms with Gasteiger partial charge < -0.3 is 19.9 Å². The number of aliphatic hydroxyl groups excluding tert-OH is 1. The summed E-state index contributed by atoms with van der Waals surface area (Å²) in [6.07, 6.45) is 5.56. The van der Waals surface area contributed by atoms with Crippen LogP contribution in [-0.2, 0) is 14.9 Å². The number of carbonyl (C=O) groups is 1. The molecule has 4 atom stereocenters. The third kappa shape index (κ3) is 3.14. The van der Waals surface area contributed by atoms with Gasteiger partial charge in [-0.2, -0.15) is 10.1 Å². The van der Waals surface area contributed by atoms with Crippen molar-refractivity contribution in [2.75, 3.05) is 23.4 Å². The molecule has 11 heteroatoms. The second-order valence-electron chi connectivity index (χ2n) is 9.11. The van der Waals surface area contributed by atoms with Crippen molar-refractivity contribution in [3.63, 3.8) is 0 Å². The van der Waals surface area contributed by atoms with E-state index in [1.807, 2.05) is 0 Å². The van der Waals surface area contributed by atoms with Crippen LogP contribution in [0.2, 0.25) is 0 Å². The van der Waals surface area contributed by atoms with E-state index in [0.29, 0.717) is 23.9 Å². The molecular formula is C21H25FN6O4. The Morgan fingerprint density at radius 1 is 1.31 bits per heavy atom. The molecule has 1 saturated heterocycles. The molecule has 3 fully saturated rings. The van der Waals surface area contributed by atoms with Gasteiger partial charge in [0.2, 0.25) is 17.7 Å². The Balaban J connectivity index is 1.28. The summed E-state index contributed by atoms with van der Waals surface area (Å²) in [5, 5.41) is 19.9. The summed E-state index contributed by atoms with van der Waals surface area (Å²) in [6, 6.07) is -0.0654. The Kier molecular flexibility index (Phi) is 4.58. The predicted octanol–water partition coefficient (Wildman–Crippen LogP) is 1.74. The molecule has 0 unspecified atom stereocenters. The van der Waals surface area contributed by atoms with Crippen LogP contribution in [0.3, 0.4) is 0 Å². The monoisotopic (exact) mass is 444 g/mol. The molecule has 32 heavy (non-hydrogen) atoms. The highest BCUT2D eigenvalue weighted by Gasteiger charge is 2.61. The van der Waals surface area contributed by atoms with Crippen LogP contribution < -0.4 is 15.0 Å². The summed E-state index contributed by atoms with van der Waals surface area (Å²) in [5.74, 6) is 1.25. The van der Waals surface area contributed by atoms with E-state index < -0.39 is 23.8 Å². The summed E-state index contributed by atoms with van der Waals surface area (Å²) < 4.78 is 24.7. The van der Waals surface area contributed by atoms with Gasteiger partial charge in [0.05, 0.1) is 30.9 Å². The van der Waals surface area contributed by atoms with Crippen molar-refractivity contribution in [1.82, 2.24) is 20.2 Å². The molecular weight excluding hydrogens is 419 g/mol.